The third kappa shape index (κ3) is 2.65. The van der Waals surface area contributed by atoms with Crippen LogP contribution in [0.4, 0.5) is 20.4 Å². The second-order valence-electron chi connectivity index (χ2n) is 4.74. The first-order valence-corrected chi connectivity index (χ1v) is 5.93. The second-order valence-corrected chi connectivity index (χ2v) is 4.74. The highest BCUT2D eigenvalue weighted by Crippen LogP contribution is 2.31. The first-order valence-electron chi connectivity index (χ1n) is 5.93. The van der Waals surface area contributed by atoms with Crippen LogP contribution in [0, 0.1) is 23.5 Å². The van der Waals surface area contributed by atoms with Crippen LogP contribution in [0.5, 0.6) is 0 Å². The van der Waals surface area contributed by atoms with Gasteiger partial charge in [-0.2, -0.15) is 0 Å². The minimum absolute atomic E-state index is 0.0444. The van der Waals surface area contributed by atoms with Gasteiger partial charge in [-0.1, -0.05) is 19.8 Å². The molecule has 3 nitrogen and oxygen atoms in total. The number of hydrogen-bond donors (Lipinski definition) is 2. The molecule has 2 rings (SSSR count). The van der Waals surface area contributed by atoms with Crippen molar-refractivity contribution >= 4 is 11.6 Å². The van der Waals surface area contributed by atoms with Crippen LogP contribution >= 0.6 is 0 Å². The number of nitrogens with two attached hydrogens (primary N) is 1. The van der Waals surface area contributed by atoms with Crippen LogP contribution in [0.15, 0.2) is 6.07 Å². The van der Waals surface area contributed by atoms with Gasteiger partial charge < -0.3 is 11.1 Å². The minimum atomic E-state index is -0.817. The summed E-state index contributed by atoms with van der Waals surface area (Å²) in [5, 5.41) is 2.92. The van der Waals surface area contributed by atoms with Crippen LogP contribution in [0.25, 0.3) is 0 Å². The molecule has 17 heavy (non-hydrogen) atoms. The van der Waals surface area contributed by atoms with E-state index in [0.717, 1.165) is 12.5 Å². The van der Waals surface area contributed by atoms with Crippen LogP contribution in [0.3, 0.4) is 0 Å². The molecule has 1 aromatic rings. The molecule has 2 unspecified atom stereocenters. The highest BCUT2D eigenvalue weighted by molar-refractivity contribution is 5.44. The number of anilines is 2. The Balaban J connectivity index is 2.01. The van der Waals surface area contributed by atoms with Crippen molar-refractivity contribution < 1.29 is 8.78 Å². The number of nitrogen functional groups attached to an aromatic ring is 1. The van der Waals surface area contributed by atoms with Gasteiger partial charge in [0.25, 0.3) is 0 Å². The van der Waals surface area contributed by atoms with Crippen molar-refractivity contribution in [1.29, 1.82) is 0 Å². The van der Waals surface area contributed by atoms with Gasteiger partial charge in [-0.05, 0) is 18.3 Å². The summed E-state index contributed by atoms with van der Waals surface area (Å²) < 4.78 is 26.3. The van der Waals surface area contributed by atoms with Crippen molar-refractivity contribution in [3.63, 3.8) is 0 Å². The molecule has 1 aromatic heterocycles. The predicted molar refractivity (Wildman–Crippen MR) is 63.6 cm³/mol. The van der Waals surface area contributed by atoms with E-state index in [1.165, 1.54) is 12.8 Å². The van der Waals surface area contributed by atoms with Crippen LogP contribution in [-0.4, -0.2) is 11.5 Å². The smallest absolute Gasteiger partial charge is 0.168 e. The fraction of sp³-hybridized carbons (Fsp3) is 0.583. The molecule has 0 amide bonds. The van der Waals surface area contributed by atoms with Gasteiger partial charge in [-0.25, -0.2) is 13.8 Å². The lowest BCUT2D eigenvalue weighted by Crippen LogP contribution is -2.18. The molecule has 1 aliphatic rings. The summed E-state index contributed by atoms with van der Waals surface area (Å²) in [6.07, 6.45) is 3.58. The van der Waals surface area contributed by atoms with Gasteiger partial charge in [-0.3, -0.25) is 0 Å². The predicted octanol–water partition coefficient (Wildman–Crippen LogP) is 2.79. The number of halogens is 2. The average molecular weight is 241 g/mol. The Kier molecular flexibility index (Phi) is 3.45. The molecule has 3 N–H and O–H groups in total. The number of hydrogen-bond acceptors (Lipinski definition) is 3. The minimum Gasteiger partial charge on any atom is -0.381 e. The highest BCUT2D eigenvalue weighted by atomic mass is 19.1. The Morgan fingerprint density at radius 2 is 2.18 bits per heavy atom. The normalized spacial score (nSPS) is 23.9. The summed E-state index contributed by atoms with van der Waals surface area (Å²) in [4.78, 5) is 3.67. The van der Waals surface area contributed by atoms with Crippen molar-refractivity contribution in [2.45, 2.75) is 26.2 Å². The maximum Gasteiger partial charge on any atom is 0.168 e. The maximum atomic E-state index is 13.4. The molecular weight excluding hydrogens is 224 g/mol. The van der Waals surface area contributed by atoms with Crippen molar-refractivity contribution in [1.82, 2.24) is 4.98 Å². The summed E-state index contributed by atoms with van der Waals surface area (Å²) in [6.45, 7) is 2.86. The lowest BCUT2D eigenvalue weighted by atomic mass is 9.98. The van der Waals surface area contributed by atoms with E-state index in [4.69, 9.17) is 5.73 Å². The molecule has 0 radical (unpaired) electrons. The Morgan fingerprint density at radius 1 is 1.41 bits per heavy atom. The Morgan fingerprint density at radius 3 is 2.82 bits per heavy atom. The van der Waals surface area contributed by atoms with Gasteiger partial charge >= 0.3 is 0 Å². The SMILES string of the molecule is CC1CCCC1CNc1nc(N)c(F)cc1F. The molecule has 0 aliphatic heterocycles. The second kappa shape index (κ2) is 4.85. The Labute approximate surface area is 99.4 Å². The largest absolute Gasteiger partial charge is 0.381 e. The van der Waals surface area contributed by atoms with Gasteiger partial charge in [0.15, 0.2) is 23.3 Å². The monoisotopic (exact) mass is 241 g/mol. The fourth-order valence-corrected chi connectivity index (χ4v) is 2.36. The third-order valence-corrected chi connectivity index (χ3v) is 3.53. The van der Waals surface area contributed by atoms with E-state index in [9.17, 15) is 8.78 Å². The highest BCUT2D eigenvalue weighted by Gasteiger charge is 2.23. The van der Waals surface area contributed by atoms with E-state index in [1.807, 2.05) is 0 Å². The molecule has 1 aliphatic carbocycles. The number of rotatable bonds is 3. The molecule has 5 heteroatoms. The van der Waals surface area contributed by atoms with Crippen LogP contribution in [0.2, 0.25) is 0 Å². The summed E-state index contributed by atoms with van der Waals surface area (Å²) in [7, 11) is 0. The van der Waals surface area contributed by atoms with Crippen molar-refractivity contribution in [2.24, 2.45) is 11.8 Å². The number of pyridine rings is 1. The van der Waals surface area contributed by atoms with E-state index in [1.54, 1.807) is 0 Å². The first-order chi connectivity index (χ1) is 8.08. The molecule has 0 saturated heterocycles. The van der Waals surface area contributed by atoms with Gasteiger partial charge in [0, 0.05) is 12.6 Å². The van der Waals surface area contributed by atoms with E-state index in [0.29, 0.717) is 18.4 Å². The standard InChI is InChI=1S/C12H17F2N3/c1-7-3-2-4-8(7)6-16-12-10(14)5-9(13)11(15)17-12/h5,7-8H,2-4,6H2,1H3,(H3,15,16,17). The zero-order chi connectivity index (χ0) is 12.4. The zero-order valence-corrected chi connectivity index (χ0v) is 9.84. The number of aromatic nitrogens is 1. The van der Waals surface area contributed by atoms with Crippen molar-refractivity contribution in [2.75, 3.05) is 17.6 Å². The number of nitrogens with one attached hydrogen (secondary N) is 1. The van der Waals surface area contributed by atoms with Gasteiger partial charge in [-0.15, -0.1) is 0 Å². The zero-order valence-electron chi connectivity index (χ0n) is 9.84. The maximum absolute atomic E-state index is 13.4. The Hall–Kier alpha value is -1.39. The van der Waals surface area contributed by atoms with Crippen molar-refractivity contribution in [3.8, 4) is 0 Å². The molecule has 1 heterocycles. The van der Waals surface area contributed by atoms with Gasteiger partial charge in [0.1, 0.15) is 0 Å². The van der Waals surface area contributed by atoms with Crippen molar-refractivity contribution in [3.05, 3.63) is 17.7 Å². The summed E-state index contributed by atoms with van der Waals surface area (Å²) in [6, 6.07) is 0.767. The van der Waals surface area contributed by atoms with Crippen LogP contribution in [-0.2, 0) is 0 Å². The number of nitrogens with zero attached hydrogens (tertiary/aromatic N) is 1. The molecule has 1 fully saturated rings. The van der Waals surface area contributed by atoms with Crippen LogP contribution < -0.4 is 11.1 Å². The van der Waals surface area contributed by atoms with Crippen LogP contribution in [0.1, 0.15) is 26.2 Å². The van der Waals surface area contributed by atoms with E-state index < -0.39 is 11.6 Å². The molecule has 0 bridgehead atoms. The quantitative estimate of drug-likeness (QED) is 0.855. The Bertz CT molecular complexity index is 409. The van der Waals surface area contributed by atoms with Gasteiger partial charge in [0.2, 0.25) is 0 Å². The molecular formula is C12H17F2N3. The molecule has 0 spiro atoms. The molecule has 0 aromatic carbocycles. The summed E-state index contributed by atoms with van der Waals surface area (Å²) in [5.74, 6) is -0.563. The summed E-state index contributed by atoms with van der Waals surface area (Å²) in [5.41, 5.74) is 5.31. The van der Waals surface area contributed by atoms with E-state index in [-0.39, 0.29) is 11.6 Å². The first kappa shape index (κ1) is 12.1. The van der Waals surface area contributed by atoms with E-state index >= 15 is 0 Å². The molecule has 94 valence electrons. The molecule has 2 atom stereocenters. The average Bonchev–Trinajstić information content (AvgIpc) is 2.68. The summed E-state index contributed by atoms with van der Waals surface area (Å²) >= 11 is 0. The topological polar surface area (TPSA) is 50.9 Å². The van der Waals surface area contributed by atoms with Gasteiger partial charge in [0.05, 0.1) is 0 Å². The lowest BCUT2D eigenvalue weighted by Gasteiger charge is -2.16. The lowest BCUT2D eigenvalue weighted by molar-refractivity contribution is 0.438. The molecule has 1 saturated carbocycles. The van der Waals surface area contributed by atoms with E-state index in [2.05, 4.69) is 17.2 Å². The third-order valence-electron chi connectivity index (χ3n) is 3.53. The fourth-order valence-electron chi connectivity index (χ4n) is 2.36.